The van der Waals surface area contributed by atoms with Gasteiger partial charge in [-0.2, -0.15) is 0 Å². The van der Waals surface area contributed by atoms with Crippen LogP contribution in [0.4, 0.5) is 5.69 Å². The molecule has 2 amide bonds. The van der Waals surface area contributed by atoms with Gasteiger partial charge < -0.3 is 15.7 Å². The Labute approximate surface area is 126 Å². The molecule has 0 aliphatic carbocycles. The Kier molecular flexibility index (Phi) is 4.53. The summed E-state index contributed by atoms with van der Waals surface area (Å²) in [5.74, 6) is -2.00. The van der Waals surface area contributed by atoms with Gasteiger partial charge in [-0.05, 0) is 30.3 Å². The molecule has 0 bridgehead atoms. The van der Waals surface area contributed by atoms with Crippen molar-refractivity contribution in [3.63, 3.8) is 0 Å². The van der Waals surface area contributed by atoms with Crippen molar-refractivity contribution in [2.24, 2.45) is 0 Å². The van der Waals surface area contributed by atoms with Crippen molar-refractivity contribution in [3.05, 3.63) is 65.2 Å². The predicted molar refractivity (Wildman–Crippen MR) is 81.2 cm³/mol. The van der Waals surface area contributed by atoms with Crippen LogP contribution in [0.3, 0.4) is 0 Å². The van der Waals surface area contributed by atoms with Crippen LogP contribution in [0, 0.1) is 0 Å². The van der Waals surface area contributed by atoms with Crippen LogP contribution >= 0.6 is 0 Å². The van der Waals surface area contributed by atoms with Gasteiger partial charge in [0.05, 0.1) is 11.1 Å². The number of nitrogens with one attached hydrogen (secondary N) is 2. The highest BCUT2D eigenvalue weighted by Crippen LogP contribution is 2.15. The molecule has 0 aliphatic rings. The maximum Gasteiger partial charge on any atom is 0.336 e. The summed E-state index contributed by atoms with van der Waals surface area (Å²) in [5, 5.41) is 14.2. The molecule has 0 atom stereocenters. The number of carbonyl (C=O) groups excluding carboxylic acids is 2. The van der Waals surface area contributed by atoms with E-state index in [2.05, 4.69) is 10.6 Å². The lowest BCUT2D eigenvalue weighted by Gasteiger charge is -2.09. The van der Waals surface area contributed by atoms with Crippen LogP contribution in [-0.2, 0) is 0 Å². The second-order valence-corrected chi connectivity index (χ2v) is 4.46. The fraction of sp³-hybridized carbons (Fsp3) is 0.0625. The molecular weight excluding hydrogens is 284 g/mol. The molecule has 0 spiro atoms. The summed E-state index contributed by atoms with van der Waals surface area (Å²) in [6.07, 6.45) is 0. The highest BCUT2D eigenvalue weighted by atomic mass is 16.4. The molecule has 0 radical (unpaired) electrons. The van der Waals surface area contributed by atoms with Gasteiger partial charge in [-0.3, -0.25) is 9.59 Å². The third-order valence-corrected chi connectivity index (χ3v) is 3.01. The SMILES string of the molecule is CNC(=O)c1cccc(NC(=O)c2ccccc2C(=O)O)c1. The quantitative estimate of drug-likeness (QED) is 0.804. The number of hydrogen-bond acceptors (Lipinski definition) is 3. The summed E-state index contributed by atoms with van der Waals surface area (Å²) < 4.78 is 0. The smallest absolute Gasteiger partial charge is 0.336 e. The number of hydrogen-bond donors (Lipinski definition) is 3. The Bertz CT molecular complexity index is 740. The van der Waals surface area contributed by atoms with Crippen molar-refractivity contribution in [2.75, 3.05) is 12.4 Å². The summed E-state index contributed by atoms with van der Waals surface area (Å²) in [6, 6.07) is 12.3. The zero-order chi connectivity index (χ0) is 16.1. The number of carboxylic acids is 1. The molecule has 2 aromatic rings. The summed E-state index contributed by atoms with van der Waals surface area (Å²) in [5.41, 5.74) is 0.779. The number of carboxylic acid groups (broad SMARTS) is 1. The predicted octanol–water partition coefficient (Wildman–Crippen LogP) is 2.00. The number of anilines is 1. The fourth-order valence-electron chi connectivity index (χ4n) is 1.95. The molecule has 0 fully saturated rings. The monoisotopic (exact) mass is 298 g/mol. The molecule has 0 saturated heterocycles. The van der Waals surface area contributed by atoms with Gasteiger partial charge in [0, 0.05) is 18.3 Å². The lowest BCUT2D eigenvalue weighted by molar-refractivity contribution is 0.0692. The van der Waals surface area contributed by atoms with E-state index in [9.17, 15) is 14.4 Å². The molecule has 22 heavy (non-hydrogen) atoms. The minimum atomic E-state index is -1.18. The van der Waals surface area contributed by atoms with E-state index in [1.165, 1.54) is 25.2 Å². The molecule has 2 aromatic carbocycles. The Morgan fingerprint density at radius 2 is 1.59 bits per heavy atom. The molecule has 3 N–H and O–H groups in total. The first-order valence-electron chi connectivity index (χ1n) is 6.48. The Morgan fingerprint density at radius 3 is 2.23 bits per heavy atom. The third-order valence-electron chi connectivity index (χ3n) is 3.01. The molecule has 6 heteroatoms. The first kappa shape index (κ1) is 15.2. The number of carbonyl (C=O) groups is 3. The van der Waals surface area contributed by atoms with Crippen LogP contribution < -0.4 is 10.6 Å². The second kappa shape index (κ2) is 6.53. The van der Waals surface area contributed by atoms with Crippen LogP contribution in [0.15, 0.2) is 48.5 Å². The molecule has 112 valence electrons. The normalized spacial score (nSPS) is 9.86. The van der Waals surface area contributed by atoms with E-state index in [4.69, 9.17) is 5.11 Å². The lowest BCUT2D eigenvalue weighted by Crippen LogP contribution is -2.19. The van der Waals surface area contributed by atoms with E-state index in [1.807, 2.05) is 0 Å². The number of rotatable bonds is 4. The molecule has 0 aromatic heterocycles. The largest absolute Gasteiger partial charge is 0.478 e. The Morgan fingerprint density at radius 1 is 0.909 bits per heavy atom. The Balaban J connectivity index is 2.26. The van der Waals surface area contributed by atoms with Gasteiger partial charge in [-0.1, -0.05) is 18.2 Å². The van der Waals surface area contributed by atoms with E-state index in [0.29, 0.717) is 11.3 Å². The highest BCUT2D eigenvalue weighted by molar-refractivity contribution is 6.11. The van der Waals surface area contributed by atoms with Crippen LogP contribution in [0.2, 0.25) is 0 Å². The van der Waals surface area contributed by atoms with Crippen LogP contribution in [0.5, 0.6) is 0 Å². The summed E-state index contributed by atoms with van der Waals surface area (Å²) in [4.78, 5) is 34.9. The maximum atomic E-state index is 12.2. The van der Waals surface area contributed by atoms with Gasteiger partial charge >= 0.3 is 5.97 Å². The molecule has 0 aliphatic heterocycles. The zero-order valence-electron chi connectivity index (χ0n) is 11.8. The topological polar surface area (TPSA) is 95.5 Å². The van der Waals surface area contributed by atoms with E-state index in [1.54, 1.807) is 30.3 Å². The third kappa shape index (κ3) is 3.29. The average molecular weight is 298 g/mol. The van der Waals surface area contributed by atoms with Crippen molar-refractivity contribution < 1.29 is 19.5 Å². The van der Waals surface area contributed by atoms with Crippen molar-refractivity contribution in [3.8, 4) is 0 Å². The highest BCUT2D eigenvalue weighted by Gasteiger charge is 2.16. The van der Waals surface area contributed by atoms with Crippen LogP contribution in [-0.4, -0.2) is 29.9 Å². The second-order valence-electron chi connectivity index (χ2n) is 4.46. The summed E-state index contributed by atoms with van der Waals surface area (Å²) in [6.45, 7) is 0. The van der Waals surface area contributed by atoms with Crippen molar-refractivity contribution >= 4 is 23.5 Å². The number of amides is 2. The van der Waals surface area contributed by atoms with Gasteiger partial charge in [-0.15, -0.1) is 0 Å². The van der Waals surface area contributed by atoms with Gasteiger partial charge in [0.15, 0.2) is 0 Å². The fourth-order valence-corrected chi connectivity index (χ4v) is 1.95. The van der Waals surface area contributed by atoms with Crippen molar-refractivity contribution in [2.45, 2.75) is 0 Å². The Hall–Kier alpha value is -3.15. The van der Waals surface area contributed by atoms with Gasteiger partial charge in [-0.25, -0.2) is 4.79 Å². The molecule has 2 rings (SSSR count). The summed E-state index contributed by atoms with van der Waals surface area (Å²) in [7, 11) is 1.51. The standard InChI is InChI=1S/C16H14N2O4/c1-17-14(19)10-5-4-6-11(9-10)18-15(20)12-7-2-3-8-13(12)16(21)22/h2-9H,1H3,(H,17,19)(H,18,20)(H,21,22). The number of aromatic carboxylic acids is 1. The van der Waals surface area contributed by atoms with E-state index < -0.39 is 11.9 Å². The molecule has 6 nitrogen and oxygen atoms in total. The summed E-state index contributed by atoms with van der Waals surface area (Å²) >= 11 is 0. The average Bonchev–Trinajstić information content (AvgIpc) is 2.54. The molecule has 0 unspecified atom stereocenters. The molecular formula is C16H14N2O4. The number of benzene rings is 2. The lowest BCUT2D eigenvalue weighted by atomic mass is 10.1. The minimum Gasteiger partial charge on any atom is -0.478 e. The van der Waals surface area contributed by atoms with E-state index >= 15 is 0 Å². The van der Waals surface area contributed by atoms with Gasteiger partial charge in [0.1, 0.15) is 0 Å². The van der Waals surface area contributed by atoms with E-state index in [-0.39, 0.29) is 17.0 Å². The van der Waals surface area contributed by atoms with Crippen molar-refractivity contribution in [1.82, 2.24) is 5.32 Å². The van der Waals surface area contributed by atoms with E-state index in [0.717, 1.165) is 0 Å². The molecule has 0 saturated carbocycles. The first-order valence-corrected chi connectivity index (χ1v) is 6.48. The molecule has 0 heterocycles. The first-order chi connectivity index (χ1) is 10.5. The van der Waals surface area contributed by atoms with Gasteiger partial charge in [0.2, 0.25) is 0 Å². The van der Waals surface area contributed by atoms with Crippen molar-refractivity contribution in [1.29, 1.82) is 0 Å². The van der Waals surface area contributed by atoms with Crippen LogP contribution in [0.1, 0.15) is 31.1 Å². The minimum absolute atomic E-state index is 0.0559. The zero-order valence-corrected chi connectivity index (χ0v) is 11.8. The van der Waals surface area contributed by atoms with Gasteiger partial charge in [0.25, 0.3) is 11.8 Å². The maximum absolute atomic E-state index is 12.2. The van der Waals surface area contributed by atoms with Crippen LogP contribution in [0.25, 0.3) is 0 Å².